The molecule has 2 aliphatic rings. The van der Waals surface area contributed by atoms with E-state index in [1.807, 2.05) is 16.7 Å². The van der Waals surface area contributed by atoms with Gasteiger partial charge in [0.15, 0.2) is 0 Å². The molecule has 0 aromatic rings. The van der Waals surface area contributed by atoms with Gasteiger partial charge in [0.25, 0.3) is 0 Å². The highest BCUT2D eigenvalue weighted by atomic mass is 32.2. The van der Waals surface area contributed by atoms with Gasteiger partial charge in [-0.3, -0.25) is 4.79 Å². The van der Waals surface area contributed by atoms with Crippen LogP contribution in [0.4, 0.5) is 0 Å². The minimum absolute atomic E-state index is 0.191. The van der Waals surface area contributed by atoms with Gasteiger partial charge in [0.2, 0.25) is 5.91 Å². The molecule has 98 valence electrons. The third kappa shape index (κ3) is 3.38. The van der Waals surface area contributed by atoms with Crippen molar-refractivity contribution in [3.05, 3.63) is 0 Å². The Morgan fingerprint density at radius 3 is 2.82 bits per heavy atom. The Hall–Kier alpha value is -0.220. The van der Waals surface area contributed by atoms with Gasteiger partial charge < -0.3 is 10.6 Å². The van der Waals surface area contributed by atoms with Gasteiger partial charge in [-0.15, -0.1) is 0 Å². The van der Waals surface area contributed by atoms with Crippen LogP contribution in [0.2, 0.25) is 0 Å². The van der Waals surface area contributed by atoms with Crippen molar-refractivity contribution in [3.8, 4) is 0 Å². The number of nitrogens with zero attached hydrogens (tertiary/aromatic N) is 1. The second-order valence-electron chi connectivity index (χ2n) is 5.49. The number of hydrogen-bond donors (Lipinski definition) is 1. The van der Waals surface area contributed by atoms with Gasteiger partial charge >= 0.3 is 0 Å². The maximum absolute atomic E-state index is 12.3. The van der Waals surface area contributed by atoms with E-state index in [2.05, 4.69) is 6.92 Å². The standard InChI is InChI=1S/C13H24N2OS/c1-2-11-10-15(7-8-17-11)12(16)9-13(14)5-3-4-6-13/h11H,2-10,14H2,1H3. The van der Waals surface area contributed by atoms with Gasteiger partial charge in [0.05, 0.1) is 0 Å². The molecule has 0 radical (unpaired) electrons. The fourth-order valence-corrected chi connectivity index (χ4v) is 4.04. The Kier molecular flexibility index (Phi) is 4.36. The van der Waals surface area contributed by atoms with Crippen LogP contribution in [0.5, 0.6) is 0 Å². The number of nitrogens with two attached hydrogens (primary N) is 1. The van der Waals surface area contributed by atoms with Crippen LogP contribution < -0.4 is 5.73 Å². The minimum Gasteiger partial charge on any atom is -0.341 e. The van der Waals surface area contributed by atoms with E-state index < -0.39 is 0 Å². The highest BCUT2D eigenvalue weighted by Crippen LogP contribution is 2.31. The van der Waals surface area contributed by atoms with Crippen molar-refractivity contribution < 1.29 is 4.79 Å². The molecule has 0 spiro atoms. The summed E-state index contributed by atoms with van der Waals surface area (Å²) in [5, 5.41) is 0.630. The molecule has 0 bridgehead atoms. The topological polar surface area (TPSA) is 46.3 Å². The molecule has 17 heavy (non-hydrogen) atoms. The fraction of sp³-hybridized carbons (Fsp3) is 0.923. The van der Waals surface area contributed by atoms with E-state index in [1.54, 1.807) is 0 Å². The first-order valence-corrected chi connectivity index (χ1v) is 7.86. The summed E-state index contributed by atoms with van der Waals surface area (Å²) in [5.41, 5.74) is 6.09. The Labute approximate surface area is 108 Å². The number of amides is 1. The van der Waals surface area contributed by atoms with Crippen LogP contribution in [0.15, 0.2) is 0 Å². The number of hydrogen-bond acceptors (Lipinski definition) is 3. The molecule has 1 saturated heterocycles. The van der Waals surface area contributed by atoms with E-state index in [1.165, 1.54) is 12.8 Å². The Bertz CT molecular complexity index is 277. The monoisotopic (exact) mass is 256 g/mol. The number of thioether (sulfide) groups is 1. The van der Waals surface area contributed by atoms with Crippen LogP contribution in [0.25, 0.3) is 0 Å². The molecule has 3 nitrogen and oxygen atoms in total. The van der Waals surface area contributed by atoms with Crippen LogP contribution in [0, 0.1) is 0 Å². The Balaban J connectivity index is 1.86. The molecule has 1 atom stereocenters. The van der Waals surface area contributed by atoms with E-state index in [4.69, 9.17) is 5.73 Å². The molecule has 2 rings (SSSR count). The van der Waals surface area contributed by atoms with Crippen LogP contribution in [-0.4, -0.2) is 40.4 Å². The lowest BCUT2D eigenvalue weighted by Crippen LogP contribution is -2.47. The summed E-state index contributed by atoms with van der Waals surface area (Å²) in [6.07, 6.45) is 6.15. The highest BCUT2D eigenvalue weighted by molar-refractivity contribution is 8.00. The average molecular weight is 256 g/mol. The van der Waals surface area contributed by atoms with Gasteiger partial charge in [-0.2, -0.15) is 11.8 Å². The van der Waals surface area contributed by atoms with Crippen molar-refractivity contribution in [1.82, 2.24) is 4.90 Å². The SMILES string of the molecule is CCC1CN(C(=O)CC2(N)CCCC2)CCS1. The zero-order valence-electron chi connectivity index (χ0n) is 10.8. The van der Waals surface area contributed by atoms with E-state index in [0.717, 1.165) is 38.1 Å². The third-order valence-corrected chi connectivity index (χ3v) is 5.42. The van der Waals surface area contributed by atoms with Crippen molar-refractivity contribution in [3.63, 3.8) is 0 Å². The Morgan fingerprint density at radius 2 is 2.18 bits per heavy atom. The van der Waals surface area contributed by atoms with Gasteiger partial charge in [0, 0.05) is 36.1 Å². The molecule has 1 unspecified atom stereocenters. The summed E-state index contributed by atoms with van der Waals surface area (Å²) in [7, 11) is 0. The van der Waals surface area contributed by atoms with E-state index in [9.17, 15) is 4.79 Å². The fourth-order valence-electron chi connectivity index (χ4n) is 2.86. The zero-order chi connectivity index (χ0) is 12.3. The summed E-state index contributed by atoms with van der Waals surface area (Å²) in [4.78, 5) is 14.3. The molecule has 2 fully saturated rings. The predicted octanol–water partition coefficient (Wildman–Crippen LogP) is 2.00. The normalized spacial score (nSPS) is 28.4. The molecule has 1 heterocycles. The third-order valence-electron chi connectivity index (χ3n) is 4.05. The maximum atomic E-state index is 12.3. The molecule has 0 aromatic heterocycles. The molecular weight excluding hydrogens is 232 g/mol. The predicted molar refractivity (Wildman–Crippen MR) is 73.1 cm³/mol. The summed E-state index contributed by atoms with van der Waals surface area (Å²) in [6.45, 7) is 4.04. The van der Waals surface area contributed by atoms with Crippen LogP contribution in [0.3, 0.4) is 0 Å². The van der Waals surface area contributed by atoms with Gasteiger partial charge in [0.1, 0.15) is 0 Å². The lowest BCUT2D eigenvalue weighted by Gasteiger charge is -2.34. The smallest absolute Gasteiger partial charge is 0.224 e. The van der Waals surface area contributed by atoms with Crippen molar-refractivity contribution in [1.29, 1.82) is 0 Å². The van der Waals surface area contributed by atoms with Crippen molar-refractivity contribution in [2.75, 3.05) is 18.8 Å². The van der Waals surface area contributed by atoms with Crippen LogP contribution in [-0.2, 0) is 4.79 Å². The minimum atomic E-state index is -0.191. The van der Waals surface area contributed by atoms with Crippen LogP contribution >= 0.6 is 11.8 Å². The average Bonchev–Trinajstić information content (AvgIpc) is 2.76. The molecule has 2 N–H and O–H groups in total. The molecule has 4 heteroatoms. The molecule has 1 aliphatic carbocycles. The summed E-state index contributed by atoms with van der Waals surface area (Å²) >= 11 is 2.00. The molecule has 1 aliphatic heterocycles. The molecular formula is C13H24N2OS. The zero-order valence-corrected chi connectivity index (χ0v) is 11.6. The van der Waals surface area contributed by atoms with Crippen molar-refractivity contribution >= 4 is 17.7 Å². The summed E-state index contributed by atoms with van der Waals surface area (Å²) in [6, 6.07) is 0. The second-order valence-corrected chi connectivity index (χ2v) is 6.90. The lowest BCUT2D eigenvalue weighted by molar-refractivity contribution is -0.132. The molecule has 1 saturated carbocycles. The van der Waals surface area contributed by atoms with Crippen molar-refractivity contribution in [2.45, 2.75) is 56.2 Å². The summed E-state index contributed by atoms with van der Waals surface area (Å²) in [5.74, 6) is 1.37. The quantitative estimate of drug-likeness (QED) is 0.840. The molecule has 0 aromatic carbocycles. The van der Waals surface area contributed by atoms with Gasteiger partial charge in [-0.25, -0.2) is 0 Å². The second kappa shape index (κ2) is 5.61. The number of rotatable bonds is 3. The van der Waals surface area contributed by atoms with E-state index in [-0.39, 0.29) is 11.4 Å². The molecule has 1 amide bonds. The van der Waals surface area contributed by atoms with Gasteiger partial charge in [-0.1, -0.05) is 19.8 Å². The first-order valence-electron chi connectivity index (χ1n) is 6.81. The van der Waals surface area contributed by atoms with E-state index >= 15 is 0 Å². The number of carbonyl (C=O) groups excluding carboxylic acids is 1. The van der Waals surface area contributed by atoms with Gasteiger partial charge in [-0.05, 0) is 19.3 Å². The summed E-state index contributed by atoms with van der Waals surface area (Å²) < 4.78 is 0. The Morgan fingerprint density at radius 1 is 1.47 bits per heavy atom. The first-order chi connectivity index (χ1) is 8.13. The maximum Gasteiger partial charge on any atom is 0.224 e. The lowest BCUT2D eigenvalue weighted by atomic mass is 9.94. The van der Waals surface area contributed by atoms with E-state index in [0.29, 0.717) is 11.7 Å². The number of carbonyl (C=O) groups is 1. The highest BCUT2D eigenvalue weighted by Gasteiger charge is 2.34. The van der Waals surface area contributed by atoms with Crippen molar-refractivity contribution in [2.24, 2.45) is 5.73 Å². The first kappa shape index (κ1) is 13.2. The largest absolute Gasteiger partial charge is 0.341 e. The van der Waals surface area contributed by atoms with Crippen LogP contribution in [0.1, 0.15) is 45.4 Å².